The number of nitrogens with one attached hydrogen (secondary N) is 1. The van der Waals surface area contributed by atoms with Gasteiger partial charge in [0.2, 0.25) is 0 Å². The molecule has 0 radical (unpaired) electrons. The van der Waals surface area contributed by atoms with E-state index in [-0.39, 0.29) is 17.1 Å². The molecule has 0 fully saturated rings. The zero-order valence-electron chi connectivity index (χ0n) is 14.8. The van der Waals surface area contributed by atoms with Gasteiger partial charge in [-0.05, 0) is 50.6 Å². The first-order valence-corrected chi connectivity index (χ1v) is 8.15. The van der Waals surface area contributed by atoms with Gasteiger partial charge in [0, 0.05) is 22.9 Å². The third-order valence-electron chi connectivity index (χ3n) is 4.80. The Bertz CT molecular complexity index is 867. The molecular formula is C20H23NO3. The maximum Gasteiger partial charge on any atom is 0.343 e. The molecule has 0 spiro atoms. The van der Waals surface area contributed by atoms with E-state index < -0.39 is 0 Å². The fraction of sp³-hybridized carbons (Fsp3) is 0.350. The molecule has 24 heavy (non-hydrogen) atoms. The van der Waals surface area contributed by atoms with Gasteiger partial charge in [0.25, 0.3) is 0 Å². The second-order valence-electron chi connectivity index (χ2n) is 6.91. The third kappa shape index (κ3) is 2.73. The summed E-state index contributed by atoms with van der Waals surface area (Å²) < 4.78 is 11.5. The Hall–Kier alpha value is -2.49. The van der Waals surface area contributed by atoms with Crippen LogP contribution in [-0.2, 0) is 5.41 Å². The highest BCUT2D eigenvalue weighted by molar-refractivity contribution is 5.61. The Morgan fingerprint density at radius 2 is 2.12 bits per heavy atom. The Morgan fingerprint density at radius 1 is 1.38 bits per heavy atom. The first kappa shape index (κ1) is 16.4. The Kier molecular flexibility index (Phi) is 3.99. The summed E-state index contributed by atoms with van der Waals surface area (Å²) in [4.78, 5) is 15.6. The molecule has 3 rings (SSSR count). The van der Waals surface area contributed by atoms with Crippen LogP contribution in [0.3, 0.4) is 0 Å². The average molecular weight is 325 g/mol. The first-order chi connectivity index (χ1) is 11.3. The summed E-state index contributed by atoms with van der Waals surface area (Å²) in [7, 11) is 0. The molecule has 4 heteroatoms. The van der Waals surface area contributed by atoms with Crippen LogP contribution in [-0.4, -0.2) is 11.1 Å². The van der Waals surface area contributed by atoms with Crippen molar-refractivity contribution in [1.29, 1.82) is 0 Å². The van der Waals surface area contributed by atoms with Crippen molar-refractivity contribution in [2.45, 2.75) is 46.1 Å². The van der Waals surface area contributed by atoms with Crippen LogP contribution in [0.25, 0.3) is 12.2 Å². The van der Waals surface area contributed by atoms with Gasteiger partial charge in [0.1, 0.15) is 17.6 Å². The minimum Gasteiger partial charge on any atom is -0.489 e. The van der Waals surface area contributed by atoms with Gasteiger partial charge in [-0.25, -0.2) is 4.79 Å². The summed E-state index contributed by atoms with van der Waals surface area (Å²) in [6.45, 7) is 9.94. The normalized spacial score (nSPS) is 19.5. The fourth-order valence-electron chi connectivity index (χ4n) is 2.94. The molecular weight excluding hydrogens is 302 g/mol. The van der Waals surface area contributed by atoms with E-state index in [2.05, 4.69) is 4.98 Å². The van der Waals surface area contributed by atoms with Crippen LogP contribution in [0, 0.1) is 6.92 Å². The van der Waals surface area contributed by atoms with Crippen LogP contribution in [0.2, 0.25) is 0 Å². The van der Waals surface area contributed by atoms with Crippen molar-refractivity contribution < 1.29 is 9.15 Å². The predicted octanol–water partition coefficient (Wildman–Crippen LogP) is 4.45. The molecule has 2 aromatic rings. The lowest BCUT2D eigenvalue weighted by Gasteiger charge is -2.20. The van der Waals surface area contributed by atoms with Crippen LogP contribution in [0.4, 0.5) is 0 Å². The number of H-pyrrole nitrogens is 1. The Balaban J connectivity index is 1.97. The SMILES string of the molecule is CC(/C=C/c1oc(=O)c2c(c1C)OC(C)C2(C)C)=C\c1ccc[nH]1. The molecule has 126 valence electrons. The number of rotatable bonds is 3. The summed E-state index contributed by atoms with van der Waals surface area (Å²) >= 11 is 0. The van der Waals surface area contributed by atoms with E-state index in [9.17, 15) is 4.79 Å². The summed E-state index contributed by atoms with van der Waals surface area (Å²) in [6, 6.07) is 3.95. The fourth-order valence-corrected chi connectivity index (χ4v) is 2.94. The summed E-state index contributed by atoms with van der Waals surface area (Å²) in [5.41, 5.74) is 2.94. The molecule has 1 aliphatic rings. The summed E-state index contributed by atoms with van der Waals surface area (Å²) in [6.07, 6.45) is 7.61. The lowest BCUT2D eigenvalue weighted by Crippen LogP contribution is -2.32. The number of ether oxygens (including phenoxy) is 1. The van der Waals surface area contributed by atoms with Crippen LogP contribution in [0.15, 0.2) is 39.2 Å². The average Bonchev–Trinajstić information content (AvgIpc) is 3.09. The molecule has 0 aromatic carbocycles. The Morgan fingerprint density at radius 3 is 2.79 bits per heavy atom. The van der Waals surface area contributed by atoms with E-state index in [0.29, 0.717) is 17.1 Å². The van der Waals surface area contributed by atoms with Crippen molar-refractivity contribution in [3.05, 3.63) is 63.0 Å². The Labute approximate surface area is 141 Å². The van der Waals surface area contributed by atoms with Gasteiger partial charge in [-0.2, -0.15) is 0 Å². The zero-order chi connectivity index (χ0) is 17.5. The molecule has 1 N–H and O–H groups in total. The lowest BCUT2D eigenvalue weighted by atomic mass is 9.82. The minimum absolute atomic E-state index is 0.0529. The number of hydrogen-bond donors (Lipinski definition) is 1. The monoisotopic (exact) mass is 325 g/mol. The highest BCUT2D eigenvalue weighted by Gasteiger charge is 2.43. The predicted molar refractivity (Wildman–Crippen MR) is 96.3 cm³/mol. The van der Waals surface area contributed by atoms with Crippen molar-refractivity contribution >= 4 is 12.2 Å². The zero-order valence-corrected chi connectivity index (χ0v) is 14.8. The highest BCUT2D eigenvalue weighted by atomic mass is 16.5. The molecule has 0 amide bonds. The number of aromatic amines is 1. The number of aromatic nitrogens is 1. The van der Waals surface area contributed by atoms with Crippen LogP contribution in [0.5, 0.6) is 5.75 Å². The molecule has 4 nitrogen and oxygen atoms in total. The number of fused-ring (bicyclic) bond motifs is 1. The van der Waals surface area contributed by atoms with Crippen molar-refractivity contribution in [2.24, 2.45) is 0 Å². The molecule has 0 saturated heterocycles. The summed E-state index contributed by atoms with van der Waals surface area (Å²) in [5.74, 6) is 1.22. The number of allylic oxidation sites excluding steroid dienone is 2. The molecule has 0 aliphatic carbocycles. The van der Waals surface area contributed by atoms with E-state index in [1.807, 2.05) is 71.2 Å². The molecule has 1 atom stereocenters. The lowest BCUT2D eigenvalue weighted by molar-refractivity contribution is 0.184. The van der Waals surface area contributed by atoms with Crippen LogP contribution >= 0.6 is 0 Å². The van der Waals surface area contributed by atoms with Gasteiger partial charge in [-0.15, -0.1) is 0 Å². The molecule has 3 heterocycles. The van der Waals surface area contributed by atoms with Crippen molar-refractivity contribution in [1.82, 2.24) is 4.98 Å². The first-order valence-electron chi connectivity index (χ1n) is 8.15. The number of hydrogen-bond acceptors (Lipinski definition) is 3. The van der Waals surface area contributed by atoms with E-state index >= 15 is 0 Å². The molecule has 2 aromatic heterocycles. The van der Waals surface area contributed by atoms with E-state index in [1.54, 1.807) is 0 Å². The van der Waals surface area contributed by atoms with Gasteiger partial charge >= 0.3 is 5.63 Å². The topological polar surface area (TPSA) is 55.2 Å². The van der Waals surface area contributed by atoms with Gasteiger partial charge in [-0.1, -0.05) is 19.9 Å². The van der Waals surface area contributed by atoms with Gasteiger partial charge < -0.3 is 14.1 Å². The van der Waals surface area contributed by atoms with Crippen LogP contribution < -0.4 is 10.4 Å². The van der Waals surface area contributed by atoms with Crippen molar-refractivity contribution in [3.8, 4) is 5.75 Å². The van der Waals surface area contributed by atoms with E-state index in [4.69, 9.17) is 9.15 Å². The molecule has 1 unspecified atom stereocenters. The van der Waals surface area contributed by atoms with E-state index in [0.717, 1.165) is 16.8 Å². The van der Waals surface area contributed by atoms with Crippen LogP contribution in [0.1, 0.15) is 50.3 Å². The minimum atomic E-state index is -0.341. The highest BCUT2D eigenvalue weighted by Crippen LogP contribution is 2.43. The van der Waals surface area contributed by atoms with Crippen molar-refractivity contribution in [2.75, 3.05) is 0 Å². The van der Waals surface area contributed by atoms with Gasteiger partial charge in [0.15, 0.2) is 0 Å². The van der Waals surface area contributed by atoms with Crippen molar-refractivity contribution in [3.63, 3.8) is 0 Å². The smallest absolute Gasteiger partial charge is 0.343 e. The second-order valence-corrected chi connectivity index (χ2v) is 6.91. The maximum absolute atomic E-state index is 12.4. The second kappa shape index (κ2) is 5.86. The standard InChI is InChI=1S/C20H23NO3/c1-12(11-15-7-6-10-21-15)8-9-16-13(2)18-17(19(22)24-16)20(4,5)14(3)23-18/h6-11,14,21H,1-5H3/b9-8+,12-11+. The van der Waals surface area contributed by atoms with E-state index in [1.165, 1.54) is 0 Å². The summed E-state index contributed by atoms with van der Waals surface area (Å²) in [5, 5.41) is 0. The largest absolute Gasteiger partial charge is 0.489 e. The van der Waals surface area contributed by atoms with Gasteiger partial charge in [-0.3, -0.25) is 0 Å². The third-order valence-corrected chi connectivity index (χ3v) is 4.80. The molecule has 0 saturated carbocycles. The maximum atomic E-state index is 12.4. The molecule has 0 bridgehead atoms. The quantitative estimate of drug-likeness (QED) is 0.848. The molecule has 1 aliphatic heterocycles. The van der Waals surface area contributed by atoms with Gasteiger partial charge in [0.05, 0.1) is 5.56 Å².